The lowest BCUT2D eigenvalue weighted by Crippen LogP contribution is -2.13. The first-order valence-electron chi connectivity index (χ1n) is 7.22. The number of para-hydroxylation sites is 1. The maximum Gasteiger partial charge on any atom is 0.221 e. The minimum absolute atomic E-state index is 0.212. The highest BCUT2D eigenvalue weighted by Crippen LogP contribution is 2.21. The molecule has 0 unspecified atom stereocenters. The minimum atomic E-state index is -0.354. The molecule has 1 heterocycles. The molecule has 1 amide bonds. The summed E-state index contributed by atoms with van der Waals surface area (Å²) in [6.07, 6.45) is 3.58. The molecule has 1 aromatic heterocycles. The largest absolute Gasteiger partial charge is 0.369 e. The van der Waals surface area contributed by atoms with Crippen LogP contribution in [0.2, 0.25) is 0 Å². The molecule has 0 fully saturated rings. The number of amides is 1. The summed E-state index contributed by atoms with van der Waals surface area (Å²) in [7, 11) is 0. The van der Waals surface area contributed by atoms with Crippen LogP contribution >= 0.6 is 0 Å². The van der Waals surface area contributed by atoms with Gasteiger partial charge >= 0.3 is 0 Å². The van der Waals surface area contributed by atoms with Crippen molar-refractivity contribution < 1.29 is 4.79 Å². The molecule has 3 N–H and O–H groups in total. The molecule has 0 atom stereocenters. The number of carbonyl (C=O) groups is 1. The van der Waals surface area contributed by atoms with E-state index in [4.69, 9.17) is 5.73 Å². The maximum absolute atomic E-state index is 11.1. The Hall–Kier alpha value is -3.21. The van der Waals surface area contributed by atoms with Crippen LogP contribution in [0.3, 0.4) is 0 Å². The predicted octanol–water partition coefficient (Wildman–Crippen LogP) is 2.92. The van der Waals surface area contributed by atoms with E-state index in [1.165, 1.54) is 0 Å². The van der Waals surface area contributed by atoms with E-state index in [0.717, 1.165) is 22.5 Å². The summed E-state index contributed by atoms with van der Waals surface area (Å²) >= 11 is 0. The monoisotopic (exact) mass is 304 g/mol. The minimum Gasteiger partial charge on any atom is -0.369 e. The third-order valence-corrected chi connectivity index (χ3v) is 3.28. The van der Waals surface area contributed by atoms with Gasteiger partial charge in [0, 0.05) is 11.3 Å². The van der Waals surface area contributed by atoms with Gasteiger partial charge in [0.05, 0.1) is 24.5 Å². The van der Waals surface area contributed by atoms with Crippen molar-refractivity contribution in [2.24, 2.45) is 5.73 Å². The second kappa shape index (κ2) is 6.70. The number of nitrogens with zero attached hydrogens (tertiary/aromatic N) is 2. The summed E-state index contributed by atoms with van der Waals surface area (Å²) in [5, 5.41) is 3.21. The SMILES string of the molecule is NC(=O)Cc1cccc(-c2cncc(Nc3ccccc3)n2)c1. The Labute approximate surface area is 134 Å². The third kappa shape index (κ3) is 3.91. The fraction of sp³-hybridized carbons (Fsp3) is 0.0556. The molecule has 2 aromatic carbocycles. The smallest absolute Gasteiger partial charge is 0.221 e. The van der Waals surface area contributed by atoms with Gasteiger partial charge in [-0.2, -0.15) is 0 Å². The van der Waals surface area contributed by atoms with E-state index in [9.17, 15) is 4.79 Å². The van der Waals surface area contributed by atoms with Gasteiger partial charge in [-0.15, -0.1) is 0 Å². The fourth-order valence-corrected chi connectivity index (χ4v) is 2.28. The van der Waals surface area contributed by atoms with Crippen LogP contribution in [-0.4, -0.2) is 15.9 Å². The van der Waals surface area contributed by atoms with Crippen molar-refractivity contribution in [1.82, 2.24) is 9.97 Å². The van der Waals surface area contributed by atoms with Crippen LogP contribution in [0.25, 0.3) is 11.3 Å². The van der Waals surface area contributed by atoms with Crippen LogP contribution in [0.5, 0.6) is 0 Å². The Bertz CT molecular complexity index is 818. The lowest BCUT2D eigenvalue weighted by Gasteiger charge is -2.08. The summed E-state index contributed by atoms with van der Waals surface area (Å²) < 4.78 is 0. The van der Waals surface area contributed by atoms with Crippen molar-refractivity contribution in [3.63, 3.8) is 0 Å². The topological polar surface area (TPSA) is 80.9 Å². The highest BCUT2D eigenvalue weighted by molar-refractivity contribution is 5.77. The number of primary amides is 1. The number of anilines is 2. The standard InChI is InChI=1S/C18H16N4O/c19-17(23)10-13-5-4-6-14(9-13)16-11-20-12-18(22-16)21-15-7-2-1-3-8-15/h1-9,11-12H,10H2,(H2,19,23)(H,21,22). The van der Waals surface area contributed by atoms with Gasteiger partial charge in [0.1, 0.15) is 5.82 Å². The summed E-state index contributed by atoms with van der Waals surface area (Å²) in [6, 6.07) is 17.4. The van der Waals surface area contributed by atoms with Gasteiger partial charge in [-0.25, -0.2) is 4.98 Å². The fourth-order valence-electron chi connectivity index (χ4n) is 2.28. The molecule has 0 aliphatic heterocycles. The van der Waals surface area contributed by atoms with Crippen LogP contribution in [0, 0.1) is 0 Å². The summed E-state index contributed by atoms with van der Waals surface area (Å²) in [5.41, 5.74) is 8.68. The first kappa shape index (κ1) is 14.7. The predicted molar refractivity (Wildman–Crippen MR) is 90.1 cm³/mol. The summed E-state index contributed by atoms with van der Waals surface area (Å²) in [5.74, 6) is 0.307. The van der Waals surface area contributed by atoms with E-state index in [2.05, 4.69) is 15.3 Å². The zero-order valence-corrected chi connectivity index (χ0v) is 12.4. The van der Waals surface area contributed by atoms with Crippen molar-refractivity contribution in [2.45, 2.75) is 6.42 Å². The number of aromatic nitrogens is 2. The molecule has 0 aliphatic carbocycles. The van der Waals surface area contributed by atoms with E-state index in [0.29, 0.717) is 5.82 Å². The molecular weight excluding hydrogens is 288 g/mol. The van der Waals surface area contributed by atoms with Gasteiger partial charge < -0.3 is 11.1 Å². The molecular formula is C18H16N4O. The normalized spacial score (nSPS) is 10.3. The molecule has 0 bridgehead atoms. The van der Waals surface area contributed by atoms with E-state index < -0.39 is 0 Å². The Balaban J connectivity index is 1.86. The number of rotatable bonds is 5. The Morgan fingerprint density at radius 3 is 2.65 bits per heavy atom. The number of benzene rings is 2. The second-order valence-corrected chi connectivity index (χ2v) is 5.12. The Kier molecular flexibility index (Phi) is 4.29. The number of hydrogen-bond donors (Lipinski definition) is 2. The average molecular weight is 304 g/mol. The molecule has 0 saturated heterocycles. The van der Waals surface area contributed by atoms with Crippen molar-refractivity contribution in [1.29, 1.82) is 0 Å². The average Bonchev–Trinajstić information content (AvgIpc) is 2.56. The molecule has 0 saturated carbocycles. The number of nitrogens with one attached hydrogen (secondary N) is 1. The third-order valence-electron chi connectivity index (χ3n) is 3.28. The van der Waals surface area contributed by atoms with Gasteiger partial charge in [-0.05, 0) is 23.8 Å². The highest BCUT2D eigenvalue weighted by atomic mass is 16.1. The molecule has 5 nitrogen and oxygen atoms in total. The molecule has 5 heteroatoms. The van der Waals surface area contributed by atoms with Crippen molar-refractivity contribution in [3.8, 4) is 11.3 Å². The van der Waals surface area contributed by atoms with Crippen LogP contribution in [0.15, 0.2) is 67.0 Å². The van der Waals surface area contributed by atoms with Crippen molar-refractivity contribution in [2.75, 3.05) is 5.32 Å². The van der Waals surface area contributed by atoms with Crippen LogP contribution in [0.1, 0.15) is 5.56 Å². The van der Waals surface area contributed by atoms with Crippen LogP contribution < -0.4 is 11.1 Å². The maximum atomic E-state index is 11.1. The molecule has 0 radical (unpaired) electrons. The summed E-state index contributed by atoms with van der Waals surface area (Å²) in [6.45, 7) is 0. The molecule has 0 spiro atoms. The first-order chi connectivity index (χ1) is 11.2. The van der Waals surface area contributed by atoms with Gasteiger partial charge in [0.25, 0.3) is 0 Å². The molecule has 0 aliphatic rings. The highest BCUT2D eigenvalue weighted by Gasteiger charge is 2.05. The molecule has 3 rings (SSSR count). The number of nitrogens with two attached hydrogens (primary N) is 1. The van der Waals surface area contributed by atoms with Gasteiger partial charge in [0.15, 0.2) is 0 Å². The molecule has 3 aromatic rings. The number of hydrogen-bond acceptors (Lipinski definition) is 4. The van der Waals surface area contributed by atoms with E-state index in [1.54, 1.807) is 12.4 Å². The Morgan fingerprint density at radius 1 is 1.04 bits per heavy atom. The zero-order valence-electron chi connectivity index (χ0n) is 12.4. The van der Waals surface area contributed by atoms with Crippen LogP contribution in [-0.2, 0) is 11.2 Å². The van der Waals surface area contributed by atoms with Gasteiger partial charge in [-0.3, -0.25) is 9.78 Å². The first-order valence-corrected chi connectivity index (χ1v) is 7.22. The summed E-state index contributed by atoms with van der Waals surface area (Å²) in [4.78, 5) is 19.9. The van der Waals surface area contributed by atoms with E-state index in [-0.39, 0.29) is 12.3 Å². The zero-order chi connectivity index (χ0) is 16.1. The Morgan fingerprint density at radius 2 is 1.87 bits per heavy atom. The van der Waals surface area contributed by atoms with Crippen molar-refractivity contribution >= 4 is 17.4 Å². The van der Waals surface area contributed by atoms with Crippen molar-refractivity contribution in [3.05, 3.63) is 72.6 Å². The van der Waals surface area contributed by atoms with E-state index >= 15 is 0 Å². The lowest BCUT2D eigenvalue weighted by atomic mass is 10.1. The van der Waals surface area contributed by atoms with Gasteiger partial charge in [-0.1, -0.05) is 36.4 Å². The van der Waals surface area contributed by atoms with E-state index in [1.807, 2.05) is 54.6 Å². The molecule has 114 valence electrons. The quantitative estimate of drug-likeness (QED) is 0.759. The second-order valence-electron chi connectivity index (χ2n) is 5.12. The van der Waals surface area contributed by atoms with Gasteiger partial charge in [0.2, 0.25) is 5.91 Å². The lowest BCUT2D eigenvalue weighted by molar-refractivity contribution is -0.117. The molecule has 23 heavy (non-hydrogen) atoms. The van der Waals surface area contributed by atoms with Crippen LogP contribution in [0.4, 0.5) is 11.5 Å². The number of carbonyl (C=O) groups excluding carboxylic acids is 1.